The largest absolute Gasteiger partial charge is 0.507 e. The Morgan fingerprint density at radius 3 is 2.72 bits per heavy atom. The molecule has 0 bridgehead atoms. The van der Waals surface area contributed by atoms with E-state index in [9.17, 15) is 14.7 Å². The van der Waals surface area contributed by atoms with Gasteiger partial charge in [-0.15, -0.1) is 0 Å². The van der Waals surface area contributed by atoms with Crippen LogP contribution in [0.2, 0.25) is 0 Å². The van der Waals surface area contributed by atoms with Crippen LogP contribution in [0.3, 0.4) is 0 Å². The Kier molecular flexibility index (Phi) is 5.39. The molecule has 1 atom stereocenters. The summed E-state index contributed by atoms with van der Waals surface area (Å²) >= 11 is 2.05. The molecule has 1 amide bonds. The van der Waals surface area contributed by atoms with Gasteiger partial charge < -0.3 is 15.5 Å². The van der Waals surface area contributed by atoms with E-state index in [0.717, 1.165) is 3.57 Å². The Morgan fingerprint density at radius 2 is 2.11 bits per heavy atom. The maximum atomic E-state index is 11.9. The number of rotatable bonds is 5. The molecule has 0 radical (unpaired) electrons. The number of hydrogen-bond donors (Lipinski definition) is 3. The summed E-state index contributed by atoms with van der Waals surface area (Å²) in [5.74, 6) is -1.38. The second-order valence-corrected chi connectivity index (χ2v) is 5.21. The smallest absolute Gasteiger partial charge is 0.303 e. The maximum Gasteiger partial charge on any atom is 0.303 e. The van der Waals surface area contributed by atoms with Crippen LogP contribution >= 0.6 is 22.6 Å². The zero-order valence-electron chi connectivity index (χ0n) is 9.81. The van der Waals surface area contributed by atoms with E-state index in [1.54, 1.807) is 19.1 Å². The van der Waals surface area contributed by atoms with Gasteiger partial charge in [0.15, 0.2) is 0 Å². The Bertz CT molecular complexity index is 461. The van der Waals surface area contributed by atoms with Crippen molar-refractivity contribution in [3.05, 3.63) is 27.3 Å². The number of halogens is 1. The van der Waals surface area contributed by atoms with Gasteiger partial charge in [-0.25, -0.2) is 0 Å². The third kappa shape index (κ3) is 4.52. The van der Waals surface area contributed by atoms with Crippen molar-refractivity contribution in [1.29, 1.82) is 0 Å². The number of hydrogen-bond acceptors (Lipinski definition) is 3. The first-order chi connectivity index (χ1) is 8.40. The molecule has 0 aliphatic heterocycles. The summed E-state index contributed by atoms with van der Waals surface area (Å²) in [5.41, 5.74) is 0.198. The van der Waals surface area contributed by atoms with Crippen LogP contribution in [-0.4, -0.2) is 28.1 Å². The molecule has 0 fully saturated rings. The van der Waals surface area contributed by atoms with Crippen molar-refractivity contribution < 1.29 is 19.8 Å². The molecular formula is C12H14INO4. The van der Waals surface area contributed by atoms with E-state index in [2.05, 4.69) is 5.32 Å². The molecule has 1 unspecified atom stereocenters. The lowest BCUT2D eigenvalue weighted by Crippen LogP contribution is -2.33. The topological polar surface area (TPSA) is 86.6 Å². The first kappa shape index (κ1) is 14.7. The number of carboxylic acids is 1. The van der Waals surface area contributed by atoms with Crippen molar-refractivity contribution in [1.82, 2.24) is 5.32 Å². The van der Waals surface area contributed by atoms with Crippen molar-refractivity contribution >= 4 is 34.5 Å². The third-order valence-electron chi connectivity index (χ3n) is 2.37. The minimum absolute atomic E-state index is 0.000245. The predicted molar refractivity (Wildman–Crippen MR) is 74.6 cm³/mol. The zero-order chi connectivity index (χ0) is 13.7. The van der Waals surface area contributed by atoms with E-state index in [1.165, 1.54) is 6.07 Å². The molecule has 0 saturated heterocycles. The zero-order valence-corrected chi connectivity index (χ0v) is 12.0. The highest BCUT2D eigenvalue weighted by molar-refractivity contribution is 14.1. The summed E-state index contributed by atoms with van der Waals surface area (Å²) in [6, 6.07) is 4.47. The number of carbonyl (C=O) groups excluding carboxylic acids is 1. The van der Waals surface area contributed by atoms with Crippen LogP contribution in [0, 0.1) is 3.57 Å². The molecule has 0 aliphatic rings. The summed E-state index contributed by atoms with van der Waals surface area (Å²) in [4.78, 5) is 22.3. The monoisotopic (exact) mass is 363 g/mol. The second kappa shape index (κ2) is 6.58. The number of benzene rings is 1. The van der Waals surface area contributed by atoms with Gasteiger partial charge in [-0.3, -0.25) is 9.59 Å². The first-order valence-electron chi connectivity index (χ1n) is 5.41. The van der Waals surface area contributed by atoms with Crippen LogP contribution in [-0.2, 0) is 4.79 Å². The second-order valence-electron chi connectivity index (χ2n) is 3.97. The Labute approximate surface area is 118 Å². The van der Waals surface area contributed by atoms with E-state index in [-0.39, 0.29) is 23.8 Å². The molecule has 0 saturated carbocycles. The van der Waals surface area contributed by atoms with Crippen LogP contribution in [0.4, 0.5) is 0 Å². The number of nitrogens with one attached hydrogen (secondary N) is 1. The minimum Gasteiger partial charge on any atom is -0.507 e. The fourth-order valence-electron chi connectivity index (χ4n) is 1.40. The SMILES string of the molecule is CC(CCC(=O)O)NC(=O)c1cc(I)ccc1O. The summed E-state index contributed by atoms with van der Waals surface area (Å²) in [7, 11) is 0. The third-order valence-corrected chi connectivity index (χ3v) is 3.04. The lowest BCUT2D eigenvalue weighted by Gasteiger charge is -2.13. The fraction of sp³-hybridized carbons (Fsp3) is 0.333. The highest BCUT2D eigenvalue weighted by atomic mass is 127. The van der Waals surface area contributed by atoms with E-state index >= 15 is 0 Å². The number of carboxylic acid groups (broad SMARTS) is 1. The number of aromatic hydroxyl groups is 1. The van der Waals surface area contributed by atoms with Gasteiger partial charge in [0, 0.05) is 16.0 Å². The van der Waals surface area contributed by atoms with Gasteiger partial charge in [0.2, 0.25) is 0 Å². The van der Waals surface area contributed by atoms with E-state index in [0.29, 0.717) is 6.42 Å². The van der Waals surface area contributed by atoms with Crippen LogP contribution in [0.5, 0.6) is 5.75 Å². The van der Waals surface area contributed by atoms with Gasteiger partial charge >= 0.3 is 5.97 Å². The molecule has 0 aromatic heterocycles. The highest BCUT2D eigenvalue weighted by Gasteiger charge is 2.14. The van der Waals surface area contributed by atoms with Gasteiger partial charge in [0.25, 0.3) is 5.91 Å². The van der Waals surface area contributed by atoms with Crippen molar-refractivity contribution in [2.75, 3.05) is 0 Å². The van der Waals surface area contributed by atoms with E-state index in [1.807, 2.05) is 22.6 Å². The Morgan fingerprint density at radius 1 is 1.44 bits per heavy atom. The Balaban J connectivity index is 2.64. The summed E-state index contributed by atoms with van der Waals surface area (Å²) < 4.78 is 0.841. The van der Waals surface area contributed by atoms with Gasteiger partial charge in [-0.2, -0.15) is 0 Å². The number of aliphatic carboxylic acids is 1. The van der Waals surface area contributed by atoms with Crippen molar-refractivity contribution in [2.24, 2.45) is 0 Å². The molecule has 5 nitrogen and oxygen atoms in total. The molecule has 98 valence electrons. The van der Waals surface area contributed by atoms with Gasteiger partial charge in [0.05, 0.1) is 5.56 Å². The fourth-order valence-corrected chi connectivity index (χ4v) is 1.90. The lowest BCUT2D eigenvalue weighted by atomic mass is 10.1. The number of carbonyl (C=O) groups is 2. The van der Waals surface area contributed by atoms with Gasteiger partial charge in [-0.05, 0) is 54.1 Å². The quantitative estimate of drug-likeness (QED) is 0.699. The molecule has 0 heterocycles. The van der Waals surface area contributed by atoms with Crippen LogP contribution in [0.15, 0.2) is 18.2 Å². The highest BCUT2D eigenvalue weighted by Crippen LogP contribution is 2.19. The maximum absolute atomic E-state index is 11.9. The average Bonchev–Trinajstić information content (AvgIpc) is 2.29. The minimum atomic E-state index is -0.895. The van der Waals surface area contributed by atoms with Crippen molar-refractivity contribution in [3.63, 3.8) is 0 Å². The molecule has 3 N–H and O–H groups in total. The molecule has 1 aromatic carbocycles. The molecule has 18 heavy (non-hydrogen) atoms. The number of phenols is 1. The summed E-state index contributed by atoms with van der Waals surface area (Å²) in [6.07, 6.45) is 0.353. The molecule has 0 spiro atoms. The summed E-state index contributed by atoms with van der Waals surface area (Å²) in [5, 5.41) is 20.8. The van der Waals surface area contributed by atoms with Crippen LogP contribution in [0.1, 0.15) is 30.1 Å². The van der Waals surface area contributed by atoms with E-state index in [4.69, 9.17) is 5.11 Å². The summed E-state index contributed by atoms with van der Waals surface area (Å²) in [6.45, 7) is 1.73. The first-order valence-corrected chi connectivity index (χ1v) is 6.49. The Hall–Kier alpha value is -1.31. The lowest BCUT2D eigenvalue weighted by molar-refractivity contribution is -0.137. The van der Waals surface area contributed by atoms with Gasteiger partial charge in [0.1, 0.15) is 5.75 Å². The predicted octanol–water partition coefficient (Wildman–Crippen LogP) is 1.98. The van der Waals surface area contributed by atoms with Crippen LogP contribution < -0.4 is 5.32 Å². The number of phenolic OH excluding ortho intramolecular Hbond substituents is 1. The average molecular weight is 363 g/mol. The van der Waals surface area contributed by atoms with E-state index < -0.39 is 11.9 Å². The molecule has 0 aliphatic carbocycles. The van der Waals surface area contributed by atoms with Gasteiger partial charge in [-0.1, -0.05) is 0 Å². The van der Waals surface area contributed by atoms with Crippen LogP contribution in [0.25, 0.3) is 0 Å². The van der Waals surface area contributed by atoms with Crippen molar-refractivity contribution in [3.8, 4) is 5.75 Å². The molecule has 1 rings (SSSR count). The number of amides is 1. The standard InChI is InChI=1S/C12H14INO4/c1-7(2-5-11(16)17)14-12(18)9-6-8(13)3-4-10(9)15/h3-4,6-7,15H,2,5H2,1H3,(H,14,18)(H,16,17). The van der Waals surface area contributed by atoms with Crippen molar-refractivity contribution in [2.45, 2.75) is 25.8 Å². The normalized spacial score (nSPS) is 11.9. The molecule has 6 heteroatoms. The molecule has 1 aromatic rings. The molecular weight excluding hydrogens is 349 g/mol.